The molecule has 3 aromatic rings. The van der Waals surface area contributed by atoms with Gasteiger partial charge in [-0.15, -0.1) is 11.6 Å². The second kappa shape index (κ2) is 9.86. The van der Waals surface area contributed by atoms with E-state index in [2.05, 4.69) is 47.2 Å². The van der Waals surface area contributed by atoms with Gasteiger partial charge in [-0.3, -0.25) is 0 Å². The third kappa shape index (κ3) is 5.06. The van der Waals surface area contributed by atoms with Crippen molar-refractivity contribution in [2.75, 3.05) is 0 Å². The lowest BCUT2D eigenvalue weighted by Crippen LogP contribution is -2.33. The summed E-state index contributed by atoms with van der Waals surface area (Å²) in [6, 6.07) is 16.5. The van der Waals surface area contributed by atoms with E-state index in [0.717, 1.165) is 36.0 Å². The van der Waals surface area contributed by atoms with Crippen LogP contribution in [-0.4, -0.2) is 20.8 Å². The number of nitrogens with zero attached hydrogens (tertiary/aromatic N) is 2. The number of aromatic nitrogens is 2. The van der Waals surface area contributed by atoms with Crippen LogP contribution in [0, 0.1) is 0 Å². The topological polar surface area (TPSA) is 52.1 Å². The molecule has 0 N–H and O–H groups in total. The van der Waals surface area contributed by atoms with E-state index in [-0.39, 0.29) is 0 Å². The van der Waals surface area contributed by atoms with Gasteiger partial charge in [0.2, 0.25) is 0 Å². The molecule has 1 aromatic heterocycles. The van der Waals surface area contributed by atoms with Crippen molar-refractivity contribution < 1.29 is 9.53 Å². The fraction of sp³-hybridized carbons (Fsp3) is 0.320. The highest BCUT2D eigenvalue weighted by Crippen LogP contribution is 2.34. The minimum atomic E-state index is -1.05. The second-order valence-corrected chi connectivity index (χ2v) is 8.37. The van der Waals surface area contributed by atoms with Crippen molar-refractivity contribution in [2.45, 2.75) is 51.3 Å². The SMILES string of the molecule is CCCc1cccc(-c2ccccc2)c1-c1ncc(OC(=O)C(C)(Cl)CCC)cn1. The van der Waals surface area contributed by atoms with Gasteiger partial charge < -0.3 is 4.74 Å². The Kier molecular flexibility index (Phi) is 7.22. The van der Waals surface area contributed by atoms with Gasteiger partial charge in [0.05, 0.1) is 12.4 Å². The normalized spacial score (nSPS) is 12.9. The number of alkyl halides is 1. The quantitative estimate of drug-likeness (QED) is 0.308. The van der Waals surface area contributed by atoms with Gasteiger partial charge in [-0.2, -0.15) is 0 Å². The molecule has 5 heteroatoms. The third-order valence-electron chi connectivity index (χ3n) is 4.96. The van der Waals surface area contributed by atoms with Gasteiger partial charge in [-0.05, 0) is 36.5 Å². The van der Waals surface area contributed by atoms with Crippen molar-refractivity contribution in [3.63, 3.8) is 0 Å². The molecule has 0 saturated carbocycles. The number of halogens is 1. The molecule has 3 rings (SSSR count). The van der Waals surface area contributed by atoms with Gasteiger partial charge >= 0.3 is 5.97 Å². The first-order valence-electron chi connectivity index (χ1n) is 10.4. The highest BCUT2D eigenvalue weighted by molar-refractivity contribution is 6.33. The van der Waals surface area contributed by atoms with E-state index in [1.54, 1.807) is 6.92 Å². The number of esters is 1. The van der Waals surface area contributed by atoms with Crippen LogP contribution in [0.1, 0.15) is 45.6 Å². The predicted octanol–water partition coefficient (Wildman–Crippen LogP) is 6.47. The summed E-state index contributed by atoms with van der Waals surface area (Å²) in [6.45, 7) is 5.80. The molecule has 0 spiro atoms. The highest BCUT2D eigenvalue weighted by atomic mass is 35.5. The number of carbonyl (C=O) groups excluding carboxylic acids is 1. The van der Waals surface area contributed by atoms with Crippen molar-refractivity contribution in [1.29, 1.82) is 0 Å². The molecule has 1 unspecified atom stereocenters. The summed E-state index contributed by atoms with van der Waals surface area (Å²) in [6.07, 6.45) is 6.36. The van der Waals surface area contributed by atoms with E-state index in [9.17, 15) is 4.79 Å². The zero-order valence-corrected chi connectivity index (χ0v) is 18.4. The first kappa shape index (κ1) is 22.0. The molecule has 2 aromatic carbocycles. The Labute approximate surface area is 183 Å². The lowest BCUT2D eigenvalue weighted by Gasteiger charge is -2.19. The van der Waals surface area contributed by atoms with Crippen molar-refractivity contribution in [3.05, 3.63) is 66.5 Å². The summed E-state index contributed by atoms with van der Waals surface area (Å²) in [5.41, 5.74) is 4.40. The highest BCUT2D eigenvalue weighted by Gasteiger charge is 2.32. The summed E-state index contributed by atoms with van der Waals surface area (Å²) >= 11 is 6.29. The van der Waals surface area contributed by atoms with Gasteiger partial charge in [0, 0.05) is 5.56 Å². The summed E-state index contributed by atoms with van der Waals surface area (Å²) in [5, 5.41) is 0. The van der Waals surface area contributed by atoms with Crippen LogP contribution in [0.4, 0.5) is 0 Å². The molecule has 0 bridgehead atoms. The molecule has 30 heavy (non-hydrogen) atoms. The standard InChI is InChI=1S/C25H27ClN2O2/c1-4-10-19-13-9-14-21(18-11-7-6-8-12-18)22(19)23-27-16-20(17-28-23)30-24(29)25(3,26)15-5-2/h6-9,11-14,16-17H,4-5,10,15H2,1-3H3. The molecule has 156 valence electrons. The fourth-order valence-corrected chi connectivity index (χ4v) is 3.71. The van der Waals surface area contributed by atoms with Gasteiger partial charge in [-0.1, -0.05) is 75.2 Å². The monoisotopic (exact) mass is 422 g/mol. The number of aryl methyl sites for hydroxylation is 1. The van der Waals surface area contributed by atoms with Crippen molar-refractivity contribution in [3.8, 4) is 28.3 Å². The number of ether oxygens (including phenoxy) is 1. The lowest BCUT2D eigenvalue weighted by molar-refractivity contribution is -0.137. The van der Waals surface area contributed by atoms with Crippen LogP contribution in [-0.2, 0) is 11.2 Å². The zero-order valence-electron chi connectivity index (χ0n) is 17.7. The molecule has 0 saturated heterocycles. The summed E-state index contributed by atoms with van der Waals surface area (Å²) in [7, 11) is 0. The van der Waals surface area contributed by atoms with Crippen LogP contribution in [0.5, 0.6) is 5.75 Å². The van der Waals surface area contributed by atoms with Gasteiger partial charge in [-0.25, -0.2) is 14.8 Å². The van der Waals surface area contributed by atoms with Crippen LogP contribution in [0.15, 0.2) is 60.9 Å². The van der Waals surface area contributed by atoms with E-state index in [1.807, 2.05) is 25.1 Å². The third-order valence-corrected chi connectivity index (χ3v) is 5.31. The molecule has 1 heterocycles. The number of benzene rings is 2. The Bertz CT molecular complexity index is 986. The molecule has 0 aliphatic carbocycles. The first-order chi connectivity index (χ1) is 14.5. The van der Waals surface area contributed by atoms with Crippen LogP contribution >= 0.6 is 11.6 Å². The molecule has 0 aliphatic rings. The lowest BCUT2D eigenvalue weighted by atomic mass is 9.93. The minimum absolute atomic E-state index is 0.293. The van der Waals surface area contributed by atoms with E-state index in [4.69, 9.17) is 16.3 Å². The molecule has 0 radical (unpaired) electrons. The van der Waals surface area contributed by atoms with E-state index in [0.29, 0.717) is 18.0 Å². The number of carbonyl (C=O) groups is 1. The van der Waals surface area contributed by atoms with E-state index in [1.165, 1.54) is 18.0 Å². The zero-order chi connectivity index (χ0) is 21.6. The van der Waals surface area contributed by atoms with Crippen LogP contribution in [0.3, 0.4) is 0 Å². The molecule has 0 fully saturated rings. The average molecular weight is 423 g/mol. The largest absolute Gasteiger partial charge is 0.422 e. The van der Waals surface area contributed by atoms with Crippen LogP contribution in [0.2, 0.25) is 0 Å². The summed E-state index contributed by atoms with van der Waals surface area (Å²) in [5.74, 6) is 0.416. The smallest absolute Gasteiger partial charge is 0.332 e. The number of hydrogen-bond acceptors (Lipinski definition) is 4. The van der Waals surface area contributed by atoms with Crippen molar-refractivity contribution in [1.82, 2.24) is 9.97 Å². The minimum Gasteiger partial charge on any atom is -0.422 e. The average Bonchev–Trinajstić information content (AvgIpc) is 2.75. The molecular formula is C25H27ClN2O2. The van der Waals surface area contributed by atoms with E-state index >= 15 is 0 Å². The Hall–Kier alpha value is -2.72. The predicted molar refractivity (Wildman–Crippen MR) is 122 cm³/mol. The van der Waals surface area contributed by atoms with Gasteiger partial charge in [0.25, 0.3) is 0 Å². The van der Waals surface area contributed by atoms with Crippen LogP contribution < -0.4 is 4.74 Å². The molecule has 0 aliphatic heterocycles. The number of hydrogen-bond donors (Lipinski definition) is 0. The Balaban J connectivity index is 1.95. The van der Waals surface area contributed by atoms with Crippen molar-refractivity contribution >= 4 is 17.6 Å². The molecule has 1 atom stereocenters. The van der Waals surface area contributed by atoms with E-state index < -0.39 is 10.8 Å². The maximum atomic E-state index is 12.3. The molecular weight excluding hydrogens is 396 g/mol. The Morgan fingerprint density at radius 2 is 1.70 bits per heavy atom. The first-order valence-corrected chi connectivity index (χ1v) is 10.7. The summed E-state index contributed by atoms with van der Waals surface area (Å²) < 4.78 is 5.42. The molecule has 0 amide bonds. The summed E-state index contributed by atoms with van der Waals surface area (Å²) in [4.78, 5) is 20.3. The fourth-order valence-electron chi connectivity index (χ4n) is 3.48. The van der Waals surface area contributed by atoms with Crippen molar-refractivity contribution in [2.24, 2.45) is 0 Å². The van der Waals surface area contributed by atoms with Crippen LogP contribution in [0.25, 0.3) is 22.5 Å². The maximum absolute atomic E-state index is 12.3. The Morgan fingerprint density at radius 3 is 2.33 bits per heavy atom. The second-order valence-electron chi connectivity index (χ2n) is 7.54. The maximum Gasteiger partial charge on any atom is 0.332 e. The van der Waals surface area contributed by atoms with Gasteiger partial charge in [0.15, 0.2) is 11.6 Å². The molecule has 4 nitrogen and oxygen atoms in total. The Morgan fingerprint density at radius 1 is 1.00 bits per heavy atom. The van der Waals surface area contributed by atoms with Gasteiger partial charge in [0.1, 0.15) is 4.87 Å². The number of rotatable bonds is 8.